The van der Waals surface area contributed by atoms with E-state index >= 15 is 0 Å². The van der Waals surface area contributed by atoms with Crippen molar-refractivity contribution in [3.8, 4) is 22.3 Å². The highest BCUT2D eigenvalue weighted by Gasteiger charge is 2.21. The molecule has 0 fully saturated rings. The Balaban J connectivity index is 1.58. The lowest BCUT2D eigenvalue weighted by Gasteiger charge is -2.10. The average molecular weight is 424 g/mol. The molecule has 4 aromatic carbocycles. The number of ketones is 1. The van der Waals surface area contributed by atoms with Gasteiger partial charge in [-0.1, -0.05) is 109 Å². The first-order valence-electron chi connectivity index (χ1n) is 10.1. The topological polar surface area (TPSA) is 26.3 Å². The second-order valence-electron chi connectivity index (χ2n) is 7.14. The third-order valence-electron chi connectivity index (χ3n) is 5.03. The molecule has 0 aliphatic heterocycles. The molecule has 0 bridgehead atoms. The van der Waals surface area contributed by atoms with Gasteiger partial charge in [0, 0.05) is 17.2 Å². The van der Waals surface area contributed by atoms with Crippen molar-refractivity contribution in [2.75, 3.05) is 0 Å². The van der Waals surface area contributed by atoms with Gasteiger partial charge in [-0.2, -0.15) is 0 Å². The predicted octanol–water partition coefficient (Wildman–Crippen LogP) is 7.18. The summed E-state index contributed by atoms with van der Waals surface area (Å²) >= 11 is 0. The van der Waals surface area contributed by atoms with Gasteiger partial charge in [-0.25, -0.2) is 8.63 Å². The number of carbonyl (C=O) groups is 1. The summed E-state index contributed by atoms with van der Waals surface area (Å²) in [4.78, 5) is 12.7. The van der Waals surface area contributed by atoms with E-state index < -0.39 is 13.3 Å². The highest BCUT2D eigenvalue weighted by atomic mass is 19.2. The quantitative estimate of drug-likeness (QED) is 0.136. The highest BCUT2D eigenvalue weighted by molar-refractivity contribution is 6.36. The van der Waals surface area contributed by atoms with Crippen molar-refractivity contribution >= 4 is 19.0 Å². The maximum atomic E-state index is 13.0. The van der Waals surface area contributed by atoms with Crippen molar-refractivity contribution in [2.24, 2.45) is 0 Å². The minimum Gasteiger partial charge on any atom is -0.505 e. The van der Waals surface area contributed by atoms with E-state index in [0.717, 1.165) is 28.3 Å². The number of rotatable bonds is 7. The molecule has 0 spiro atoms. The summed E-state index contributed by atoms with van der Waals surface area (Å²) in [6.45, 7) is 0. The Labute approximate surface area is 186 Å². The SMILES string of the molecule is O=C(/C=C(\OB(F)F)c1ccc(-c2ccccc2)cc1)c1ccc(-c2ccccc2)cc1. The molecule has 2 nitrogen and oxygen atoms in total. The van der Waals surface area contributed by atoms with Crippen LogP contribution in [-0.4, -0.2) is 13.3 Å². The first kappa shape index (κ1) is 21.3. The van der Waals surface area contributed by atoms with E-state index in [4.69, 9.17) is 0 Å². The third kappa shape index (κ3) is 5.19. The second-order valence-corrected chi connectivity index (χ2v) is 7.14. The van der Waals surface area contributed by atoms with Gasteiger partial charge in [-0.3, -0.25) is 4.79 Å². The van der Waals surface area contributed by atoms with Crippen molar-refractivity contribution in [1.82, 2.24) is 0 Å². The largest absolute Gasteiger partial charge is 0.796 e. The molecule has 4 aromatic rings. The molecule has 0 aromatic heterocycles. The minimum absolute atomic E-state index is 0.170. The first-order valence-corrected chi connectivity index (χ1v) is 10.1. The highest BCUT2D eigenvalue weighted by Crippen LogP contribution is 2.25. The van der Waals surface area contributed by atoms with E-state index in [1.807, 2.05) is 84.9 Å². The average Bonchev–Trinajstić information content (AvgIpc) is 2.84. The van der Waals surface area contributed by atoms with Crippen molar-refractivity contribution in [3.05, 3.63) is 126 Å². The molecular formula is C27H19BF2O2. The fourth-order valence-electron chi connectivity index (χ4n) is 3.40. The van der Waals surface area contributed by atoms with Crippen LogP contribution in [0.3, 0.4) is 0 Å². The van der Waals surface area contributed by atoms with Gasteiger partial charge in [0.15, 0.2) is 5.78 Å². The standard InChI is InChI=1S/C27H19BF2O2/c29-28(30)32-27(25-17-13-23(14-18-25)21-9-5-2-6-10-21)19-26(31)24-15-11-22(12-16-24)20-7-3-1-4-8-20/h1-19H/b27-19-. The predicted molar refractivity (Wildman–Crippen MR) is 125 cm³/mol. The Hall–Kier alpha value is -3.99. The molecule has 5 heteroatoms. The molecule has 0 amide bonds. The van der Waals surface area contributed by atoms with Crippen LogP contribution in [-0.2, 0) is 4.65 Å². The van der Waals surface area contributed by atoms with Gasteiger partial charge in [0.1, 0.15) is 5.76 Å². The monoisotopic (exact) mass is 424 g/mol. The smallest absolute Gasteiger partial charge is 0.505 e. The van der Waals surface area contributed by atoms with Crippen molar-refractivity contribution in [3.63, 3.8) is 0 Å². The summed E-state index contributed by atoms with van der Waals surface area (Å²) in [6, 6.07) is 33.5. The van der Waals surface area contributed by atoms with E-state index in [9.17, 15) is 13.4 Å². The molecule has 0 aliphatic rings. The zero-order valence-electron chi connectivity index (χ0n) is 17.1. The van der Waals surface area contributed by atoms with Gasteiger partial charge in [0.05, 0.1) is 0 Å². The number of benzene rings is 4. The molecule has 0 heterocycles. The van der Waals surface area contributed by atoms with Crippen LogP contribution >= 0.6 is 0 Å². The number of halogens is 2. The van der Waals surface area contributed by atoms with Gasteiger partial charge in [0.2, 0.25) is 0 Å². The van der Waals surface area contributed by atoms with Gasteiger partial charge in [-0.05, 0) is 22.3 Å². The molecule has 0 radical (unpaired) electrons. The van der Waals surface area contributed by atoms with Crippen molar-refractivity contribution in [1.29, 1.82) is 0 Å². The minimum atomic E-state index is -3.04. The lowest BCUT2D eigenvalue weighted by atomic mass is 10.0. The summed E-state index contributed by atoms with van der Waals surface area (Å²) in [5.74, 6) is -0.579. The molecule has 0 saturated heterocycles. The fraction of sp³-hybridized carbons (Fsp3) is 0. The molecule has 0 N–H and O–H groups in total. The zero-order chi connectivity index (χ0) is 22.3. The fourth-order valence-corrected chi connectivity index (χ4v) is 3.40. The van der Waals surface area contributed by atoms with Crippen LogP contribution in [0.4, 0.5) is 8.63 Å². The van der Waals surface area contributed by atoms with Gasteiger partial charge >= 0.3 is 7.47 Å². The molecule has 0 aliphatic carbocycles. The summed E-state index contributed by atoms with van der Waals surface area (Å²) in [5.41, 5.74) is 4.73. The number of allylic oxidation sites excluding steroid dienone is 1. The lowest BCUT2D eigenvalue weighted by Crippen LogP contribution is -2.06. The van der Waals surface area contributed by atoms with E-state index in [2.05, 4.69) is 4.65 Å². The normalized spacial score (nSPS) is 11.1. The second kappa shape index (κ2) is 9.88. The summed E-state index contributed by atoms with van der Waals surface area (Å²) in [6.07, 6.45) is 1.11. The van der Waals surface area contributed by atoms with Crippen LogP contribution in [0.5, 0.6) is 0 Å². The van der Waals surface area contributed by atoms with Gasteiger partial charge < -0.3 is 4.65 Å². The summed E-state index contributed by atoms with van der Waals surface area (Å²) in [5, 5.41) is 0. The Morgan fingerprint density at radius 2 is 1.00 bits per heavy atom. The Kier molecular flexibility index (Phi) is 6.56. The Morgan fingerprint density at radius 3 is 1.44 bits per heavy atom. The van der Waals surface area contributed by atoms with Crippen molar-refractivity contribution < 1.29 is 18.1 Å². The van der Waals surface area contributed by atoms with Crippen molar-refractivity contribution in [2.45, 2.75) is 0 Å². The molecule has 156 valence electrons. The lowest BCUT2D eigenvalue weighted by molar-refractivity contribution is 0.104. The maximum Gasteiger partial charge on any atom is 0.796 e. The zero-order valence-corrected chi connectivity index (χ0v) is 17.1. The molecular weight excluding hydrogens is 405 g/mol. The molecule has 32 heavy (non-hydrogen) atoms. The Bertz CT molecular complexity index is 1200. The number of hydrogen-bond acceptors (Lipinski definition) is 2. The molecule has 0 saturated carbocycles. The summed E-state index contributed by atoms with van der Waals surface area (Å²) in [7, 11) is -3.04. The van der Waals surface area contributed by atoms with Crippen LogP contribution in [0.2, 0.25) is 0 Å². The van der Waals surface area contributed by atoms with E-state index in [1.165, 1.54) is 0 Å². The number of hydrogen-bond donors (Lipinski definition) is 0. The Morgan fingerprint density at radius 1 is 0.594 bits per heavy atom. The van der Waals surface area contributed by atoms with Gasteiger partial charge in [0.25, 0.3) is 0 Å². The molecule has 4 rings (SSSR count). The van der Waals surface area contributed by atoms with E-state index in [1.54, 1.807) is 24.3 Å². The molecule has 0 atom stereocenters. The van der Waals surface area contributed by atoms with Crippen LogP contribution in [0.25, 0.3) is 28.0 Å². The van der Waals surface area contributed by atoms with E-state index in [-0.39, 0.29) is 5.76 Å². The van der Waals surface area contributed by atoms with Crippen LogP contribution < -0.4 is 0 Å². The van der Waals surface area contributed by atoms with Gasteiger partial charge in [-0.15, -0.1) is 0 Å². The summed E-state index contributed by atoms with van der Waals surface area (Å²) < 4.78 is 30.7. The van der Waals surface area contributed by atoms with E-state index in [0.29, 0.717) is 11.1 Å². The third-order valence-corrected chi connectivity index (χ3v) is 5.03. The molecule has 0 unspecified atom stereocenters. The maximum absolute atomic E-state index is 13.0. The van der Waals surface area contributed by atoms with Crippen LogP contribution in [0.15, 0.2) is 115 Å². The first-order chi connectivity index (χ1) is 15.6. The van der Waals surface area contributed by atoms with Crippen LogP contribution in [0, 0.1) is 0 Å². The number of carbonyl (C=O) groups excluding carboxylic acids is 1. The van der Waals surface area contributed by atoms with Crippen LogP contribution in [0.1, 0.15) is 15.9 Å².